The summed E-state index contributed by atoms with van der Waals surface area (Å²) in [5, 5.41) is 7.34. The van der Waals surface area contributed by atoms with Crippen LogP contribution >= 0.6 is 0 Å². The van der Waals surface area contributed by atoms with E-state index in [0.29, 0.717) is 0 Å². The largest absolute Gasteiger partial charge is 0.309 e. The molecule has 300 valence electrons. The highest BCUT2D eigenvalue weighted by Gasteiger charge is 2.25. The number of hydrogen-bond donors (Lipinski definition) is 0. The molecule has 0 unspecified atom stereocenters. The number of rotatable bonds is 8. The van der Waals surface area contributed by atoms with Gasteiger partial charge in [0.05, 0.1) is 22.4 Å². The van der Waals surface area contributed by atoms with Gasteiger partial charge in [0.25, 0.3) is 0 Å². The van der Waals surface area contributed by atoms with Crippen LogP contribution in [0.4, 0.5) is 17.1 Å². The third kappa shape index (κ3) is 6.27. The van der Waals surface area contributed by atoms with Gasteiger partial charge in [0.15, 0.2) is 0 Å². The molecular weight excluding hydrogens is 773 g/mol. The van der Waals surface area contributed by atoms with E-state index in [1.165, 1.54) is 82.3 Å². The molecule has 0 aliphatic heterocycles. The third-order valence-electron chi connectivity index (χ3n) is 12.8. The number of aromatic nitrogens is 1. The Labute approximate surface area is 373 Å². The standard InChI is InChI=1S/C62H42N2/c1-4-20-43(21-5-1)49-27-12-15-32-56(49)61-51(44-22-6-2-7-23-44)33-19-37-59(61)63(60-42-46-24-10-11-28-50(46)53-29-13-14-30-54(53)60)48-40-38-45(39-41-48)52-34-18-35-57-55-31-16-17-36-58(55)64(62(52)57)47-25-8-3-9-26-47/h1-42H. The molecule has 0 atom stereocenters. The molecule has 2 heteroatoms. The molecule has 0 saturated carbocycles. The Balaban J connectivity index is 1.14. The number of hydrogen-bond acceptors (Lipinski definition) is 1. The van der Waals surface area contributed by atoms with Gasteiger partial charge >= 0.3 is 0 Å². The van der Waals surface area contributed by atoms with E-state index < -0.39 is 0 Å². The quantitative estimate of drug-likeness (QED) is 0.139. The molecule has 0 aliphatic carbocycles. The molecule has 0 amide bonds. The number of benzene rings is 11. The molecule has 64 heavy (non-hydrogen) atoms. The predicted molar refractivity (Wildman–Crippen MR) is 272 cm³/mol. The Morgan fingerprint density at radius 3 is 1.56 bits per heavy atom. The lowest BCUT2D eigenvalue weighted by atomic mass is 9.87. The van der Waals surface area contributed by atoms with Crippen molar-refractivity contribution in [1.29, 1.82) is 0 Å². The average molecular weight is 815 g/mol. The molecule has 12 aromatic rings. The molecule has 11 aromatic carbocycles. The second-order valence-electron chi connectivity index (χ2n) is 16.4. The fraction of sp³-hybridized carbons (Fsp3) is 0. The molecular formula is C62H42N2. The van der Waals surface area contributed by atoms with Crippen LogP contribution in [-0.2, 0) is 0 Å². The summed E-state index contributed by atoms with van der Waals surface area (Å²) in [5.74, 6) is 0. The van der Waals surface area contributed by atoms with Crippen LogP contribution in [0.1, 0.15) is 0 Å². The summed E-state index contributed by atoms with van der Waals surface area (Å²) < 4.78 is 2.42. The van der Waals surface area contributed by atoms with Crippen molar-refractivity contribution in [1.82, 2.24) is 4.57 Å². The van der Waals surface area contributed by atoms with Crippen LogP contribution in [0.2, 0.25) is 0 Å². The van der Waals surface area contributed by atoms with Gasteiger partial charge in [-0.15, -0.1) is 0 Å². The Hall–Kier alpha value is -8.46. The van der Waals surface area contributed by atoms with Gasteiger partial charge in [-0.2, -0.15) is 0 Å². The van der Waals surface area contributed by atoms with Crippen molar-refractivity contribution in [3.05, 3.63) is 255 Å². The molecule has 12 rings (SSSR count). The van der Waals surface area contributed by atoms with Crippen molar-refractivity contribution in [3.8, 4) is 50.2 Å². The van der Waals surface area contributed by atoms with Gasteiger partial charge in [0.1, 0.15) is 0 Å². The second kappa shape index (κ2) is 15.8. The molecule has 0 bridgehead atoms. The Bertz CT molecular complexity index is 3640. The lowest BCUT2D eigenvalue weighted by Crippen LogP contribution is -2.12. The molecule has 0 aliphatic rings. The molecule has 0 fully saturated rings. The first-order valence-electron chi connectivity index (χ1n) is 22.0. The van der Waals surface area contributed by atoms with Crippen LogP contribution in [0, 0.1) is 0 Å². The van der Waals surface area contributed by atoms with E-state index in [9.17, 15) is 0 Å². The van der Waals surface area contributed by atoms with Crippen LogP contribution < -0.4 is 4.90 Å². The molecule has 1 heterocycles. The fourth-order valence-electron chi connectivity index (χ4n) is 9.95. The topological polar surface area (TPSA) is 8.17 Å². The minimum atomic E-state index is 1.07. The maximum atomic E-state index is 2.50. The highest BCUT2D eigenvalue weighted by molar-refractivity contribution is 6.16. The normalized spacial score (nSPS) is 11.4. The predicted octanol–water partition coefficient (Wildman–Crippen LogP) is 17.2. The highest BCUT2D eigenvalue weighted by Crippen LogP contribution is 2.50. The summed E-state index contributed by atoms with van der Waals surface area (Å²) in [6.45, 7) is 0. The first-order valence-corrected chi connectivity index (χ1v) is 22.0. The van der Waals surface area contributed by atoms with Gasteiger partial charge in [0.2, 0.25) is 0 Å². The van der Waals surface area contributed by atoms with Gasteiger partial charge in [-0.25, -0.2) is 0 Å². The lowest BCUT2D eigenvalue weighted by Gasteiger charge is -2.31. The third-order valence-corrected chi connectivity index (χ3v) is 12.8. The van der Waals surface area contributed by atoms with Gasteiger partial charge in [-0.05, 0) is 92.0 Å². The zero-order valence-corrected chi connectivity index (χ0v) is 35.1. The second-order valence-corrected chi connectivity index (χ2v) is 16.4. The zero-order chi connectivity index (χ0) is 42.4. The van der Waals surface area contributed by atoms with E-state index in [0.717, 1.165) is 28.3 Å². The van der Waals surface area contributed by atoms with Crippen LogP contribution in [0.15, 0.2) is 255 Å². The number of para-hydroxylation sites is 3. The van der Waals surface area contributed by atoms with E-state index >= 15 is 0 Å². The van der Waals surface area contributed by atoms with Crippen molar-refractivity contribution >= 4 is 60.4 Å². The highest BCUT2D eigenvalue weighted by atomic mass is 15.1. The molecule has 0 spiro atoms. The molecule has 1 aromatic heterocycles. The summed E-state index contributed by atoms with van der Waals surface area (Å²) in [4.78, 5) is 2.50. The number of fused-ring (bicyclic) bond motifs is 6. The summed E-state index contributed by atoms with van der Waals surface area (Å²) in [7, 11) is 0. The first-order chi connectivity index (χ1) is 31.8. The fourth-order valence-corrected chi connectivity index (χ4v) is 9.95. The van der Waals surface area contributed by atoms with Crippen molar-refractivity contribution in [2.45, 2.75) is 0 Å². The van der Waals surface area contributed by atoms with E-state index in [1.54, 1.807) is 0 Å². The Kier molecular flexibility index (Phi) is 9.20. The monoisotopic (exact) mass is 814 g/mol. The number of nitrogens with zero attached hydrogens (tertiary/aromatic N) is 2. The average Bonchev–Trinajstić information content (AvgIpc) is 3.72. The lowest BCUT2D eigenvalue weighted by molar-refractivity contribution is 1.18. The summed E-state index contributed by atoms with van der Waals surface area (Å²) in [6.07, 6.45) is 0. The van der Waals surface area contributed by atoms with E-state index in [1.807, 2.05) is 0 Å². The minimum Gasteiger partial charge on any atom is -0.309 e. The van der Waals surface area contributed by atoms with E-state index in [2.05, 4.69) is 264 Å². The maximum Gasteiger partial charge on any atom is 0.0619 e. The van der Waals surface area contributed by atoms with Crippen molar-refractivity contribution in [2.24, 2.45) is 0 Å². The zero-order valence-electron chi connectivity index (χ0n) is 35.1. The summed E-state index contributed by atoms with van der Waals surface area (Å²) in [5.41, 5.74) is 16.3. The van der Waals surface area contributed by atoms with Crippen LogP contribution in [0.3, 0.4) is 0 Å². The maximum absolute atomic E-state index is 2.50. The SMILES string of the molecule is c1ccc(-c2ccccc2-c2c(-c3ccccc3)cccc2N(c2ccc(-c3cccc4c5ccccc5n(-c5ccccc5)c34)cc2)c2cc3ccccc3c3ccccc23)cc1. The molecule has 2 nitrogen and oxygen atoms in total. The van der Waals surface area contributed by atoms with Gasteiger partial charge < -0.3 is 9.47 Å². The van der Waals surface area contributed by atoms with Crippen molar-refractivity contribution < 1.29 is 0 Å². The molecule has 0 N–H and O–H groups in total. The van der Waals surface area contributed by atoms with Gasteiger partial charge in [-0.3, -0.25) is 0 Å². The molecule has 0 saturated heterocycles. The Morgan fingerprint density at radius 2 is 0.812 bits per heavy atom. The molecule has 0 radical (unpaired) electrons. The minimum absolute atomic E-state index is 1.07. The van der Waals surface area contributed by atoms with Crippen LogP contribution in [-0.4, -0.2) is 4.57 Å². The van der Waals surface area contributed by atoms with Gasteiger partial charge in [0, 0.05) is 38.7 Å². The van der Waals surface area contributed by atoms with Crippen LogP contribution in [0.25, 0.3) is 93.5 Å². The van der Waals surface area contributed by atoms with Crippen molar-refractivity contribution in [3.63, 3.8) is 0 Å². The van der Waals surface area contributed by atoms with E-state index in [-0.39, 0.29) is 0 Å². The number of anilines is 3. The Morgan fingerprint density at radius 1 is 0.297 bits per heavy atom. The van der Waals surface area contributed by atoms with E-state index in [4.69, 9.17) is 0 Å². The summed E-state index contributed by atoms with van der Waals surface area (Å²) >= 11 is 0. The smallest absolute Gasteiger partial charge is 0.0619 e. The van der Waals surface area contributed by atoms with Crippen molar-refractivity contribution in [2.75, 3.05) is 4.90 Å². The van der Waals surface area contributed by atoms with Crippen LogP contribution in [0.5, 0.6) is 0 Å². The first kappa shape index (κ1) is 37.3. The summed E-state index contributed by atoms with van der Waals surface area (Å²) in [6, 6.07) is 92.8. The van der Waals surface area contributed by atoms with Gasteiger partial charge in [-0.1, -0.05) is 212 Å².